The molecule has 0 spiro atoms. The van der Waals surface area contributed by atoms with Gasteiger partial charge in [-0.2, -0.15) is 0 Å². The molecule has 0 aliphatic rings. The quantitative estimate of drug-likeness (QED) is 0.753. The highest BCUT2D eigenvalue weighted by Gasteiger charge is 2.15. The van der Waals surface area contributed by atoms with Crippen molar-refractivity contribution in [2.45, 2.75) is 31.4 Å². The van der Waals surface area contributed by atoms with Crippen LogP contribution in [0.3, 0.4) is 0 Å². The van der Waals surface area contributed by atoms with E-state index >= 15 is 0 Å². The fraction of sp³-hybridized carbons (Fsp3) is 0.263. The van der Waals surface area contributed by atoms with Crippen molar-refractivity contribution < 1.29 is 4.21 Å². The predicted octanol–water partition coefficient (Wildman–Crippen LogP) is 4.14. The van der Waals surface area contributed by atoms with Crippen LogP contribution in [0.4, 0.5) is 0 Å². The standard InChI is InChI=1S/C19H22N2OS/c1-14(12-15(2)23(20)22)16-8-9-19-17(13-16)10-11-21(19)18-6-4-3-5-7-18/h3-11,13-15H,12,20H2,1-2H3/t14-,15?,23?/m0/s1. The molecule has 4 heteroatoms. The Kier molecular flexibility index (Phi) is 4.64. The van der Waals surface area contributed by atoms with E-state index in [0.29, 0.717) is 5.92 Å². The normalized spacial score (nSPS) is 15.4. The number of para-hydroxylation sites is 1. The third kappa shape index (κ3) is 3.38. The van der Waals surface area contributed by atoms with Crippen LogP contribution < -0.4 is 5.14 Å². The Labute approximate surface area is 139 Å². The van der Waals surface area contributed by atoms with Gasteiger partial charge in [0.1, 0.15) is 0 Å². The molecule has 1 heterocycles. The lowest BCUT2D eigenvalue weighted by molar-refractivity contribution is 0.636. The zero-order chi connectivity index (χ0) is 16.4. The average molecular weight is 326 g/mol. The Hall–Kier alpha value is -1.91. The summed E-state index contributed by atoms with van der Waals surface area (Å²) in [5.74, 6) is 0.335. The van der Waals surface area contributed by atoms with Crippen molar-refractivity contribution in [1.82, 2.24) is 4.57 Å². The second kappa shape index (κ2) is 6.69. The van der Waals surface area contributed by atoms with E-state index in [1.54, 1.807) is 0 Å². The molecule has 23 heavy (non-hydrogen) atoms. The number of nitrogens with zero attached hydrogens (tertiary/aromatic N) is 1. The van der Waals surface area contributed by atoms with Gasteiger partial charge in [0, 0.05) is 22.5 Å². The highest BCUT2D eigenvalue weighted by molar-refractivity contribution is 7.83. The second-order valence-electron chi connectivity index (χ2n) is 6.12. The third-order valence-electron chi connectivity index (χ3n) is 4.40. The number of rotatable bonds is 5. The molecular weight excluding hydrogens is 304 g/mol. The molecule has 3 aromatic rings. The third-order valence-corrected chi connectivity index (χ3v) is 5.39. The Morgan fingerprint density at radius 2 is 1.83 bits per heavy atom. The lowest BCUT2D eigenvalue weighted by Gasteiger charge is -2.16. The molecule has 2 unspecified atom stereocenters. The Morgan fingerprint density at radius 3 is 2.52 bits per heavy atom. The number of hydrogen-bond donors (Lipinski definition) is 1. The summed E-state index contributed by atoms with van der Waals surface area (Å²) < 4.78 is 13.6. The monoisotopic (exact) mass is 326 g/mol. The average Bonchev–Trinajstić information content (AvgIpc) is 2.98. The van der Waals surface area contributed by atoms with Gasteiger partial charge in [0.2, 0.25) is 0 Å². The van der Waals surface area contributed by atoms with Gasteiger partial charge < -0.3 is 4.57 Å². The first-order valence-electron chi connectivity index (χ1n) is 7.87. The summed E-state index contributed by atoms with van der Waals surface area (Å²) in [6, 6.07) is 19.0. The van der Waals surface area contributed by atoms with E-state index < -0.39 is 11.0 Å². The highest BCUT2D eigenvalue weighted by atomic mass is 32.2. The maximum absolute atomic E-state index is 11.4. The molecule has 0 saturated heterocycles. The van der Waals surface area contributed by atoms with Crippen LogP contribution in [0, 0.1) is 0 Å². The lowest BCUT2D eigenvalue weighted by Crippen LogP contribution is -2.20. The van der Waals surface area contributed by atoms with Gasteiger partial charge in [0.25, 0.3) is 0 Å². The van der Waals surface area contributed by atoms with Gasteiger partial charge in [-0.25, -0.2) is 4.21 Å². The molecule has 2 N–H and O–H groups in total. The molecule has 120 valence electrons. The summed E-state index contributed by atoms with van der Waals surface area (Å²) in [4.78, 5) is 0. The van der Waals surface area contributed by atoms with Crippen LogP contribution in [0.1, 0.15) is 31.7 Å². The lowest BCUT2D eigenvalue weighted by atomic mass is 9.95. The first kappa shape index (κ1) is 16.0. The molecule has 2 aromatic carbocycles. The van der Waals surface area contributed by atoms with Gasteiger partial charge in [-0.1, -0.05) is 31.2 Å². The highest BCUT2D eigenvalue weighted by Crippen LogP contribution is 2.27. The van der Waals surface area contributed by atoms with Gasteiger partial charge in [-0.3, -0.25) is 5.14 Å². The van der Waals surface area contributed by atoms with Crippen LogP contribution in [-0.2, 0) is 11.0 Å². The topological polar surface area (TPSA) is 48.0 Å². The minimum Gasteiger partial charge on any atom is -0.317 e. The van der Waals surface area contributed by atoms with Crippen molar-refractivity contribution in [2.75, 3.05) is 0 Å². The van der Waals surface area contributed by atoms with E-state index in [0.717, 1.165) is 12.1 Å². The minimum atomic E-state index is -1.26. The number of nitrogens with two attached hydrogens (primary N) is 1. The van der Waals surface area contributed by atoms with E-state index in [2.05, 4.69) is 54.1 Å². The summed E-state index contributed by atoms with van der Waals surface area (Å²) >= 11 is 0. The summed E-state index contributed by atoms with van der Waals surface area (Å²) in [7, 11) is -1.26. The van der Waals surface area contributed by atoms with Crippen LogP contribution in [0.25, 0.3) is 16.6 Å². The van der Waals surface area contributed by atoms with Gasteiger partial charge in [-0.15, -0.1) is 0 Å². The molecular formula is C19H22N2OS. The van der Waals surface area contributed by atoms with Crippen molar-refractivity contribution in [2.24, 2.45) is 5.14 Å². The smallest absolute Gasteiger partial charge is 0.0917 e. The number of aromatic nitrogens is 1. The van der Waals surface area contributed by atoms with Gasteiger partial charge >= 0.3 is 0 Å². The summed E-state index contributed by atoms with van der Waals surface area (Å²) in [5, 5.41) is 6.72. The fourth-order valence-corrected chi connectivity index (χ4v) is 3.49. The molecule has 0 aliphatic carbocycles. The predicted molar refractivity (Wildman–Crippen MR) is 98.1 cm³/mol. The number of benzene rings is 2. The molecule has 0 radical (unpaired) electrons. The molecule has 0 aliphatic heterocycles. The van der Waals surface area contributed by atoms with E-state index in [-0.39, 0.29) is 5.25 Å². The van der Waals surface area contributed by atoms with Gasteiger partial charge in [0.15, 0.2) is 0 Å². The van der Waals surface area contributed by atoms with Crippen molar-refractivity contribution in [3.63, 3.8) is 0 Å². The summed E-state index contributed by atoms with van der Waals surface area (Å²) in [6.45, 7) is 4.11. The molecule has 3 atom stereocenters. The Morgan fingerprint density at radius 1 is 1.09 bits per heavy atom. The Bertz CT molecular complexity index is 826. The number of fused-ring (bicyclic) bond motifs is 1. The van der Waals surface area contributed by atoms with Crippen molar-refractivity contribution in [3.8, 4) is 5.69 Å². The molecule has 3 rings (SSSR count). The Balaban J connectivity index is 1.91. The number of hydrogen-bond acceptors (Lipinski definition) is 1. The van der Waals surface area contributed by atoms with E-state index in [9.17, 15) is 4.21 Å². The largest absolute Gasteiger partial charge is 0.317 e. The van der Waals surface area contributed by atoms with Crippen molar-refractivity contribution in [3.05, 3.63) is 66.4 Å². The van der Waals surface area contributed by atoms with E-state index in [1.165, 1.54) is 16.5 Å². The SMILES string of the molecule is CC(C[C@H](C)c1ccc2c(ccn2-c2ccccc2)c1)S(N)=O. The minimum absolute atomic E-state index is 0.00890. The molecule has 0 saturated carbocycles. The fourth-order valence-electron chi connectivity index (χ4n) is 3.01. The van der Waals surface area contributed by atoms with Crippen LogP contribution in [0.2, 0.25) is 0 Å². The zero-order valence-corrected chi connectivity index (χ0v) is 14.3. The van der Waals surface area contributed by atoms with Gasteiger partial charge in [-0.05, 0) is 55.2 Å². The van der Waals surface area contributed by atoms with Crippen LogP contribution in [0.5, 0.6) is 0 Å². The van der Waals surface area contributed by atoms with Crippen molar-refractivity contribution in [1.29, 1.82) is 0 Å². The summed E-state index contributed by atoms with van der Waals surface area (Å²) in [5.41, 5.74) is 3.62. The second-order valence-corrected chi connectivity index (χ2v) is 7.58. The maximum atomic E-state index is 11.4. The van der Waals surface area contributed by atoms with Crippen LogP contribution >= 0.6 is 0 Å². The molecule has 0 fully saturated rings. The molecule has 0 bridgehead atoms. The van der Waals surface area contributed by atoms with Crippen molar-refractivity contribution >= 4 is 21.9 Å². The summed E-state index contributed by atoms with van der Waals surface area (Å²) in [6.07, 6.45) is 2.93. The first-order chi connectivity index (χ1) is 11.1. The molecule has 0 amide bonds. The zero-order valence-electron chi connectivity index (χ0n) is 13.5. The molecule has 3 nitrogen and oxygen atoms in total. The van der Waals surface area contributed by atoms with E-state index in [4.69, 9.17) is 5.14 Å². The molecule has 1 aromatic heterocycles. The van der Waals surface area contributed by atoms with Crippen LogP contribution in [0.15, 0.2) is 60.8 Å². The maximum Gasteiger partial charge on any atom is 0.0917 e. The van der Waals surface area contributed by atoms with Gasteiger partial charge in [0.05, 0.1) is 16.5 Å². The first-order valence-corrected chi connectivity index (χ1v) is 9.15. The van der Waals surface area contributed by atoms with E-state index in [1.807, 2.05) is 25.1 Å². The van der Waals surface area contributed by atoms with Crippen LogP contribution in [-0.4, -0.2) is 14.0 Å².